The van der Waals surface area contributed by atoms with E-state index in [4.69, 9.17) is 21.3 Å². The summed E-state index contributed by atoms with van der Waals surface area (Å²) in [7, 11) is 3.33. The predicted molar refractivity (Wildman–Crippen MR) is 82.0 cm³/mol. The average molecular weight is 276 g/mol. The van der Waals surface area contributed by atoms with Crippen LogP contribution in [0.5, 0.6) is 11.6 Å². The molecule has 0 spiro atoms. The lowest BCUT2D eigenvalue weighted by Crippen LogP contribution is -1.99. The molecule has 6 heteroatoms. The van der Waals surface area contributed by atoms with Gasteiger partial charge in [0.05, 0.1) is 12.8 Å². The normalized spacial score (nSPS) is 9.35. The van der Waals surface area contributed by atoms with Crippen LogP contribution in [0.15, 0.2) is 30.3 Å². The third-order valence-corrected chi connectivity index (χ3v) is 2.58. The fourth-order valence-electron chi connectivity index (χ4n) is 1.39. The molecule has 1 aromatic carbocycles. The molecule has 0 aliphatic rings. The molecule has 0 aliphatic carbocycles. The standard InChI is InChI=1S/C7H11N3O.C7H9NO/c1-9-7-5(8)3-4-6(10-7)11-2;1-5-2-3-6(8)4-7(5)9/h3-4H,8H2,1-2H3,(H,9,10);2-4,9H,8H2,1H3. The van der Waals surface area contributed by atoms with Gasteiger partial charge in [-0.2, -0.15) is 4.98 Å². The van der Waals surface area contributed by atoms with Gasteiger partial charge in [0.2, 0.25) is 5.88 Å². The molecule has 0 aliphatic heterocycles. The molecule has 0 saturated heterocycles. The number of nitrogens with one attached hydrogen (secondary N) is 1. The first-order chi connectivity index (χ1) is 9.47. The van der Waals surface area contributed by atoms with Crippen molar-refractivity contribution >= 4 is 17.2 Å². The van der Waals surface area contributed by atoms with Crippen LogP contribution in [0, 0.1) is 6.92 Å². The second-order valence-electron chi connectivity index (χ2n) is 4.09. The summed E-state index contributed by atoms with van der Waals surface area (Å²) in [5.74, 6) is 1.46. The number of phenols is 1. The van der Waals surface area contributed by atoms with Gasteiger partial charge in [0.1, 0.15) is 5.75 Å². The fraction of sp³-hybridized carbons (Fsp3) is 0.214. The molecule has 2 aromatic rings. The van der Waals surface area contributed by atoms with Crippen LogP contribution in [0.25, 0.3) is 0 Å². The number of pyridine rings is 1. The van der Waals surface area contributed by atoms with Crippen molar-refractivity contribution in [3.63, 3.8) is 0 Å². The van der Waals surface area contributed by atoms with E-state index in [1.165, 1.54) is 6.07 Å². The van der Waals surface area contributed by atoms with E-state index in [1.807, 2.05) is 6.92 Å². The Morgan fingerprint density at radius 3 is 2.40 bits per heavy atom. The van der Waals surface area contributed by atoms with Gasteiger partial charge in [0, 0.05) is 24.9 Å². The van der Waals surface area contributed by atoms with Gasteiger partial charge < -0.3 is 26.6 Å². The second-order valence-corrected chi connectivity index (χ2v) is 4.09. The molecular weight excluding hydrogens is 256 g/mol. The number of rotatable bonds is 2. The number of ether oxygens (including phenoxy) is 1. The number of hydrogen-bond donors (Lipinski definition) is 4. The predicted octanol–water partition coefficient (Wildman–Crippen LogP) is 2.00. The zero-order valence-corrected chi connectivity index (χ0v) is 11.8. The van der Waals surface area contributed by atoms with Crippen molar-refractivity contribution < 1.29 is 9.84 Å². The molecule has 0 unspecified atom stereocenters. The Morgan fingerprint density at radius 1 is 1.20 bits per heavy atom. The molecule has 1 heterocycles. The summed E-state index contributed by atoms with van der Waals surface area (Å²) in [5, 5.41) is 11.9. The van der Waals surface area contributed by atoms with Gasteiger partial charge in [0.25, 0.3) is 0 Å². The van der Waals surface area contributed by atoms with Crippen molar-refractivity contribution in [2.45, 2.75) is 6.92 Å². The number of methoxy groups -OCH3 is 1. The van der Waals surface area contributed by atoms with Crippen LogP contribution in [0.1, 0.15) is 5.56 Å². The molecule has 1 aromatic heterocycles. The van der Waals surface area contributed by atoms with Crippen LogP contribution in [-0.2, 0) is 0 Å². The van der Waals surface area contributed by atoms with E-state index in [1.54, 1.807) is 38.4 Å². The fourth-order valence-corrected chi connectivity index (χ4v) is 1.39. The smallest absolute Gasteiger partial charge is 0.215 e. The number of nitrogens with zero attached hydrogens (tertiary/aromatic N) is 1. The molecule has 0 fully saturated rings. The minimum atomic E-state index is 0.259. The number of nitrogen functional groups attached to an aromatic ring is 2. The Bertz CT molecular complexity index is 573. The van der Waals surface area contributed by atoms with E-state index in [2.05, 4.69) is 10.3 Å². The van der Waals surface area contributed by atoms with Gasteiger partial charge in [0.15, 0.2) is 5.82 Å². The minimum Gasteiger partial charge on any atom is -0.508 e. The molecule has 2 rings (SSSR count). The number of hydrogen-bond acceptors (Lipinski definition) is 6. The zero-order valence-electron chi connectivity index (χ0n) is 11.8. The van der Waals surface area contributed by atoms with E-state index in [-0.39, 0.29) is 5.75 Å². The lowest BCUT2D eigenvalue weighted by molar-refractivity contribution is 0.398. The first kappa shape index (κ1) is 15.4. The molecule has 0 bridgehead atoms. The molecule has 0 radical (unpaired) electrons. The largest absolute Gasteiger partial charge is 0.508 e. The van der Waals surface area contributed by atoms with Crippen LogP contribution < -0.4 is 21.5 Å². The number of aryl methyl sites for hydroxylation is 1. The van der Waals surface area contributed by atoms with Gasteiger partial charge in [-0.1, -0.05) is 6.07 Å². The lowest BCUT2D eigenvalue weighted by atomic mass is 10.2. The van der Waals surface area contributed by atoms with Gasteiger partial charge in [-0.15, -0.1) is 0 Å². The lowest BCUT2D eigenvalue weighted by Gasteiger charge is -2.04. The first-order valence-corrected chi connectivity index (χ1v) is 6.01. The Labute approximate surface area is 118 Å². The highest BCUT2D eigenvalue weighted by atomic mass is 16.5. The second kappa shape index (κ2) is 7.08. The highest BCUT2D eigenvalue weighted by Gasteiger charge is 1.99. The first-order valence-electron chi connectivity index (χ1n) is 6.01. The summed E-state index contributed by atoms with van der Waals surface area (Å²) in [6, 6.07) is 8.54. The Hall–Kier alpha value is -2.63. The summed E-state index contributed by atoms with van der Waals surface area (Å²) >= 11 is 0. The van der Waals surface area contributed by atoms with E-state index in [9.17, 15) is 0 Å². The molecule has 6 nitrogen and oxygen atoms in total. The molecule has 0 saturated carbocycles. The molecule has 6 N–H and O–H groups in total. The van der Waals surface area contributed by atoms with Crippen molar-refractivity contribution in [2.24, 2.45) is 0 Å². The molecule has 20 heavy (non-hydrogen) atoms. The maximum Gasteiger partial charge on any atom is 0.215 e. The van der Waals surface area contributed by atoms with E-state index in [0.717, 1.165) is 5.56 Å². The van der Waals surface area contributed by atoms with Gasteiger partial charge in [-0.3, -0.25) is 0 Å². The maximum absolute atomic E-state index is 9.02. The van der Waals surface area contributed by atoms with Crippen molar-refractivity contribution in [3.05, 3.63) is 35.9 Å². The van der Waals surface area contributed by atoms with Crippen molar-refractivity contribution in [3.8, 4) is 11.6 Å². The van der Waals surface area contributed by atoms with Crippen molar-refractivity contribution in [1.29, 1.82) is 0 Å². The molecule has 0 amide bonds. The number of nitrogens with two attached hydrogens (primary N) is 2. The summed E-state index contributed by atoms with van der Waals surface area (Å²) < 4.78 is 4.90. The Kier molecular flexibility index (Phi) is 5.46. The monoisotopic (exact) mass is 276 g/mol. The van der Waals surface area contributed by atoms with Crippen LogP contribution in [-0.4, -0.2) is 24.2 Å². The van der Waals surface area contributed by atoms with Gasteiger partial charge in [-0.25, -0.2) is 0 Å². The topological polar surface area (TPSA) is 106 Å². The minimum absolute atomic E-state index is 0.259. The SMILES string of the molecule is CNc1nc(OC)ccc1N.Cc1ccc(N)cc1O. The average Bonchev–Trinajstić information content (AvgIpc) is 2.44. The number of benzene rings is 1. The van der Waals surface area contributed by atoms with Crippen LogP contribution in [0.4, 0.5) is 17.2 Å². The van der Waals surface area contributed by atoms with E-state index >= 15 is 0 Å². The van der Waals surface area contributed by atoms with Gasteiger partial charge in [-0.05, 0) is 24.6 Å². The summed E-state index contributed by atoms with van der Waals surface area (Å²) in [6.07, 6.45) is 0. The van der Waals surface area contributed by atoms with Crippen LogP contribution in [0.3, 0.4) is 0 Å². The Morgan fingerprint density at radius 2 is 1.90 bits per heavy atom. The summed E-state index contributed by atoms with van der Waals surface area (Å²) in [5.41, 5.74) is 13.0. The number of anilines is 3. The number of aromatic nitrogens is 1. The third kappa shape index (κ3) is 4.24. The quantitative estimate of drug-likeness (QED) is 0.625. The highest BCUT2D eigenvalue weighted by molar-refractivity contribution is 5.61. The highest BCUT2D eigenvalue weighted by Crippen LogP contribution is 2.18. The Balaban J connectivity index is 0.000000204. The molecular formula is C14H20N4O2. The maximum atomic E-state index is 9.02. The van der Waals surface area contributed by atoms with Crippen LogP contribution in [0.2, 0.25) is 0 Å². The van der Waals surface area contributed by atoms with Crippen LogP contribution >= 0.6 is 0 Å². The van der Waals surface area contributed by atoms with Crippen molar-refractivity contribution in [2.75, 3.05) is 30.9 Å². The third-order valence-electron chi connectivity index (χ3n) is 2.58. The summed E-state index contributed by atoms with van der Waals surface area (Å²) in [4.78, 5) is 4.05. The summed E-state index contributed by atoms with van der Waals surface area (Å²) in [6.45, 7) is 1.83. The van der Waals surface area contributed by atoms with Crippen molar-refractivity contribution in [1.82, 2.24) is 4.98 Å². The van der Waals surface area contributed by atoms with Gasteiger partial charge >= 0.3 is 0 Å². The number of phenolic OH excluding ortho intramolecular Hbond substituents is 1. The van der Waals surface area contributed by atoms with E-state index < -0.39 is 0 Å². The molecule has 108 valence electrons. The zero-order chi connectivity index (χ0) is 15.1. The molecule has 0 atom stereocenters. The van der Waals surface area contributed by atoms with E-state index in [0.29, 0.717) is 23.1 Å². The number of aromatic hydroxyl groups is 1.